The van der Waals surface area contributed by atoms with Crippen molar-refractivity contribution >= 4 is 29.3 Å². The molecule has 9 nitrogen and oxygen atoms in total. The van der Waals surface area contributed by atoms with Crippen LogP contribution >= 0.6 is 0 Å². The van der Waals surface area contributed by atoms with Crippen molar-refractivity contribution in [3.8, 4) is 34.5 Å². The predicted octanol–water partition coefficient (Wildman–Crippen LogP) is 5.00. The highest BCUT2D eigenvalue weighted by molar-refractivity contribution is 6.05. The number of ketones is 1. The lowest BCUT2D eigenvalue weighted by Gasteiger charge is -2.13. The lowest BCUT2D eigenvalue weighted by molar-refractivity contribution is 0.104. The molecule has 9 heteroatoms. The predicted molar refractivity (Wildman–Crippen MR) is 144 cm³/mol. The summed E-state index contributed by atoms with van der Waals surface area (Å²) in [4.78, 5) is 12.6. The first-order valence-corrected chi connectivity index (χ1v) is 11.2. The molecule has 0 atom stereocenters. The number of benzene rings is 3. The average Bonchev–Trinajstić information content (AvgIpc) is 2.92. The van der Waals surface area contributed by atoms with Gasteiger partial charge in [0.15, 0.2) is 28.8 Å². The molecule has 0 fully saturated rings. The van der Waals surface area contributed by atoms with E-state index in [1.807, 2.05) is 6.08 Å². The summed E-state index contributed by atoms with van der Waals surface area (Å²) in [5, 5.41) is 13.7. The SMILES string of the molecule is COc1ccc(C(=O)/C=C\Nc2c(/C=C\c3cc(OC)c(OC)c(OC)c3)ccc(OC)c2O)cc1N. The Hall–Kier alpha value is -4.79. The standard InChI is InChI=1S/C28H30N2O7/c1-33-22-10-9-19(16-20(22)29)21(31)12-13-30-26-18(8-11-23(34-2)27(26)32)7-6-17-14-24(35-3)28(37-5)25(15-17)36-4/h6-16,30,32H,29H2,1-5H3/b7-6-,13-12-. The van der Waals surface area contributed by atoms with Gasteiger partial charge in [0, 0.05) is 23.4 Å². The zero-order valence-corrected chi connectivity index (χ0v) is 21.3. The number of nitrogen functional groups attached to an aromatic ring is 1. The molecule has 0 saturated carbocycles. The molecule has 0 aliphatic carbocycles. The largest absolute Gasteiger partial charge is 0.503 e. The van der Waals surface area contributed by atoms with Crippen molar-refractivity contribution in [1.29, 1.82) is 0 Å². The fraction of sp³-hybridized carbons (Fsp3) is 0.179. The second-order valence-corrected chi connectivity index (χ2v) is 7.67. The number of nitrogens with two attached hydrogens (primary N) is 1. The molecule has 3 rings (SSSR count). The van der Waals surface area contributed by atoms with E-state index in [9.17, 15) is 9.90 Å². The van der Waals surface area contributed by atoms with Gasteiger partial charge in [0.2, 0.25) is 5.75 Å². The van der Waals surface area contributed by atoms with Crippen molar-refractivity contribution in [3.63, 3.8) is 0 Å². The van der Waals surface area contributed by atoms with Crippen molar-refractivity contribution in [1.82, 2.24) is 0 Å². The first-order valence-electron chi connectivity index (χ1n) is 11.2. The molecule has 37 heavy (non-hydrogen) atoms. The van der Waals surface area contributed by atoms with Crippen LogP contribution in [0.1, 0.15) is 21.5 Å². The van der Waals surface area contributed by atoms with Gasteiger partial charge in [-0.1, -0.05) is 12.2 Å². The van der Waals surface area contributed by atoms with E-state index < -0.39 is 0 Å². The second kappa shape index (κ2) is 12.3. The Morgan fingerprint density at radius 3 is 2.00 bits per heavy atom. The van der Waals surface area contributed by atoms with Gasteiger partial charge in [0.1, 0.15) is 5.75 Å². The second-order valence-electron chi connectivity index (χ2n) is 7.67. The van der Waals surface area contributed by atoms with Crippen molar-refractivity contribution < 1.29 is 33.6 Å². The number of phenolic OH excluding ortho intramolecular Hbond substituents is 1. The van der Waals surface area contributed by atoms with Crippen LogP contribution in [-0.4, -0.2) is 46.4 Å². The van der Waals surface area contributed by atoms with Crippen LogP contribution in [0, 0.1) is 0 Å². The van der Waals surface area contributed by atoms with E-state index in [1.165, 1.54) is 33.6 Å². The maximum absolute atomic E-state index is 12.6. The summed E-state index contributed by atoms with van der Waals surface area (Å²) in [6, 6.07) is 11.8. The molecular weight excluding hydrogens is 476 g/mol. The molecule has 3 aromatic carbocycles. The van der Waals surface area contributed by atoms with Crippen LogP contribution in [0.15, 0.2) is 54.7 Å². The summed E-state index contributed by atoms with van der Waals surface area (Å²) in [5.74, 6) is 1.88. The first-order chi connectivity index (χ1) is 17.9. The number of hydrogen-bond acceptors (Lipinski definition) is 9. The van der Waals surface area contributed by atoms with Crippen LogP contribution < -0.4 is 34.7 Å². The molecule has 0 radical (unpaired) electrons. The van der Waals surface area contributed by atoms with E-state index in [1.54, 1.807) is 62.8 Å². The average molecular weight is 507 g/mol. The van der Waals surface area contributed by atoms with Crippen molar-refractivity contribution in [2.75, 3.05) is 46.6 Å². The highest BCUT2D eigenvalue weighted by atomic mass is 16.5. The highest BCUT2D eigenvalue weighted by Gasteiger charge is 2.14. The summed E-state index contributed by atoms with van der Waals surface area (Å²) >= 11 is 0. The lowest BCUT2D eigenvalue weighted by atomic mass is 10.1. The van der Waals surface area contributed by atoms with Crippen LogP contribution in [0.4, 0.5) is 11.4 Å². The number of allylic oxidation sites excluding steroid dienone is 1. The molecule has 0 unspecified atom stereocenters. The monoisotopic (exact) mass is 506 g/mol. The molecule has 0 spiro atoms. The van der Waals surface area contributed by atoms with Gasteiger partial charge in [-0.05, 0) is 48.0 Å². The Bertz CT molecular complexity index is 1310. The normalized spacial score (nSPS) is 10.9. The van der Waals surface area contributed by atoms with Crippen LogP contribution in [0.25, 0.3) is 12.2 Å². The van der Waals surface area contributed by atoms with Crippen LogP contribution in [0.5, 0.6) is 34.5 Å². The number of nitrogens with one attached hydrogen (secondary N) is 1. The van der Waals surface area contributed by atoms with E-state index in [0.717, 1.165) is 5.56 Å². The molecule has 0 heterocycles. The van der Waals surface area contributed by atoms with E-state index in [2.05, 4.69) is 5.32 Å². The smallest absolute Gasteiger partial charge is 0.203 e. The summed E-state index contributed by atoms with van der Waals surface area (Å²) in [5.41, 5.74) is 8.42. The summed E-state index contributed by atoms with van der Waals surface area (Å²) in [7, 11) is 7.59. The zero-order valence-electron chi connectivity index (χ0n) is 21.3. The van der Waals surface area contributed by atoms with E-state index in [-0.39, 0.29) is 17.3 Å². The van der Waals surface area contributed by atoms with Gasteiger partial charge in [-0.2, -0.15) is 0 Å². The number of methoxy groups -OCH3 is 5. The van der Waals surface area contributed by atoms with E-state index in [0.29, 0.717) is 45.5 Å². The third kappa shape index (κ3) is 6.07. The van der Waals surface area contributed by atoms with Crippen molar-refractivity contribution in [3.05, 3.63) is 71.4 Å². The van der Waals surface area contributed by atoms with Crippen molar-refractivity contribution in [2.45, 2.75) is 0 Å². The Morgan fingerprint density at radius 2 is 1.43 bits per heavy atom. The summed E-state index contributed by atoms with van der Waals surface area (Å²) < 4.78 is 26.6. The molecule has 0 aromatic heterocycles. The Kier molecular flexibility index (Phi) is 8.88. The maximum Gasteiger partial charge on any atom is 0.203 e. The third-order valence-corrected chi connectivity index (χ3v) is 5.51. The molecule has 0 saturated heterocycles. The van der Waals surface area contributed by atoms with E-state index in [4.69, 9.17) is 29.4 Å². The number of carbonyl (C=O) groups excluding carboxylic acids is 1. The summed E-state index contributed by atoms with van der Waals surface area (Å²) in [6.45, 7) is 0. The zero-order chi connectivity index (χ0) is 26.9. The first kappa shape index (κ1) is 26.8. The molecule has 0 aliphatic rings. The topological polar surface area (TPSA) is 122 Å². The number of ether oxygens (including phenoxy) is 5. The number of carbonyl (C=O) groups is 1. The minimum Gasteiger partial charge on any atom is -0.503 e. The van der Waals surface area contributed by atoms with E-state index >= 15 is 0 Å². The highest BCUT2D eigenvalue weighted by Crippen LogP contribution is 2.40. The Balaban J connectivity index is 1.90. The van der Waals surface area contributed by atoms with Crippen LogP contribution in [0.2, 0.25) is 0 Å². The van der Waals surface area contributed by atoms with Gasteiger partial charge >= 0.3 is 0 Å². The Morgan fingerprint density at radius 1 is 0.811 bits per heavy atom. The maximum atomic E-state index is 12.6. The quantitative estimate of drug-likeness (QED) is 0.108. The molecule has 0 amide bonds. The fourth-order valence-electron chi connectivity index (χ4n) is 3.61. The third-order valence-electron chi connectivity index (χ3n) is 5.51. The Labute approximate surface area is 215 Å². The number of hydrogen-bond donors (Lipinski definition) is 3. The number of aromatic hydroxyl groups is 1. The molecule has 3 aromatic rings. The minimum absolute atomic E-state index is 0.111. The van der Waals surface area contributed by atoms with Gasteiger partial charge in [-0.3, -0.25) is 4.79 Å². The summed E-state index contributed by atoms with van der Waals surface area (Å²) in [6.07, 6.45) is 6.40. The molecule has 194 valence electrons. The number of rotatable bonds is 11. The van der Waals surface area contributed by atoms with Crippen LogP contribution in [-0.2, 0) is 0 Å². The fourth-order valence-corrected chi connectivity index (χ4v) is 3.61. The number of anilines is 2. The molecule has 0 aliphatic heterocycles. The lowest BCUT2D eigenvalue weighted by Crippen LogP contribution is -2.00. The molecule has 4 N–H and O–H groups in total. The molecule has 0 bridgehead atoms. The van der Waals surface area contributed by atoms with Gasteiger partial charge in [-0.25, -0.2) is 0 Å². The van der Waals surface area contributed by atoms with Gasteiger partial charge in [0.05, 0.1) is 46.9 Å². The van der Waals surface area contributed by atoms with Crippen LogP contribution in [0.3, 0.4) is 0 Å². The minimum atomic E-state index is -0.279. The van der Waals surface area contributed by atoms with Gasteiger partial charge in [0.25, 0.3) is 0 Å². The van der Waals surface area contributed by atoms with Gasteiger partial charge < -0.3 is 39.8 Å². The number of phenols is 1. The van der Waals surface area contributed by atoms with Crippen molar-refractivity contribution in [2.24, 2.45) is 0 Å². The molecular formula is C28H30N2O7. The van der Waals surface area contributed by atoms with Gasteiger partial charge in [-0.15, -0.1) is 0 Å².